The van der Waals surface area contributed by atoms with Crippen LogP contribution in [0.2, 0.25) is 0 Å². The molecule has 0 aliphatic carbocycles. The second-order valence-electron chi connectivity index (χ2n) is 3.19. The van der Waals surface area contributed by atoms with Crippen molar-refractivity contribution in [2.75, 3.05) is 13.1 Å². The van der Waals surface area contributed by atoms with E-state index in [0.717, 1.165) is 19.3 Å². The molecular weight excluding hydrogens is 152 g/mol. The molecule has 0 fully saturated rings. The first kappa shape index (κ1) is 11.6. The maximum Gasteiger partial charge on any atom is 0.135 e. The van der Waals surface area contributed by atoms with Crippen molar-refractivity contribution in [3.8, 4) is 0 Å². The number of carbonyl (C=O) groups excluding carboxylic acids is 1. The molecule has 0 aliphatic rings. The van der Waals surface area contributed by atoms with Crippen LogP contribution in [0.1, 0.15) is 32.6 Å². The molecule has 0 amide bonds. The second kappa shape index (κ2) is 7.25. The zero-order valence-corrected chi connectivity index (χ0v) is 7.88. The number of hydrogen-bond acceptors (Lipinski definition) is 3. The monoisotopic (exact) mass is 172 g/mol. The van der Waals surface area contributed by atoms with Gasteiger partial charge in [-0.25, -0.2) is 0 Å². The van der Waals surface area contributed by atoms with Gasteiger partial charge < -0.3 is 11.5 Å². The minimum absolute atomic E-state index is 0.132. The zero-order valence-electron chi connectivity index (χ0n) is 7.88. The molecule has 4 N–H and O–H groups in total. The number of Topliss-reactive ketones (excluding diaryl/α,β-unsaturated/α-hetero) is 1. The molecule has 0 aliphatic heterocycles. The Kier molecular flexibility index (Phi) is 7.00. The van der Waals surface area contributed by atoms with Gasteiger partial charge in [-0.3, -0.25) is 4.79 Å². The van der Waals surface area contributed by atoms with Crippen LogP contribution in [0, 0.1) is 5.92 Å². The average molecular weight is 172 g/mol. The van der Waals surface area contributed by atoms with Crippen LogP contribution in [-0.2, 0) is 4.79 Å². The Hall–Kier alpha value is -0.410. The van der Waals surface area contributed by atoms with Crippen molar-refractivity contribution in [3.63, 3.8) is 0 Å². The highest BCUT2D eigenvalue weighted by Gasteiger charge is 2.10. The van der Waals surface area contributed by atoms with Crippen LogP contribution in [0.15, 0.2) is 0 Å². The number of hydrogen-bond donors (Lipinski definition) is 2. The Morgan fingerprint density at radius 1 is 1.25 bits per heavy atom. The Labute approximate surface area is 74.5 Å². The molecule has 3 heteroatoms. The summed E-state index contributed by atoms with van der Waals surface area (Å²) in [5.74, 6) is 0.460. The van der Waals surface area contributed by atoms with E-state index in [1.165, 1.54) is 0 Å². The molecule has 12 heavy (non-hydrogen) atoms. The molecule has 0 heterocycles. The fraction of sp³-hybridized carbons (Fsp3) is 0.889. The van der Waals surface area contributed by atoms with Crippen molar-refractivity contribution >= 4 is 5.78 Å². The van der Waals surface area contributed by atoms with Crippen LogP contribution < -0.4 is 11.5 Å². The number of rotatable bonds is 7. The summed E-state index contributed by atoms with van der Waals surface area (Å²) in [6, 6.07) is 0. The quantitative estimate of drug-likeness (QED) is 0.554. The predicted octanol–water partition coefficient (Wildman–Crippen LogP) is 0.669. The minimum Gasteiger partial charge on any atom is -0.330 e. The van der Waals surface area contributed by atoms with Crippen molar-refractivity contribution < 1.29 is 4.79 Å². The van der Waals surface area contributed by atoms with Gasteiger partial charge in [0.25, 0.3) is 0 Å². The molecular formula is C9H20N2O. The minimum atomic E-state index is 0.132. The van der Waals surface area contributed by atoms with E-state index < -0.39 is 0 Å². The van der Waals surface area contributed by atoms with Gasteiger partial charge in [0, 0.05) is 12.3 Å². The van der Waals surface area contributed by atoms with Gasteiger partial charge in [0.1, 0.15) is 5.78 Å². The van der Waals surface area contributed by atoms with Gasteiger partial charge in [0.15, 0.2) is 0 Å². The first-order valence-corrected chi connectivity index (χ1v) is 4.65. The highest BCUT2D eigenvalue weighted by atomic mass is 16.1. The third kappa shape index (κ3) is 5.27. The SMILES string of the molecule is CC(CCN)C(=O)CCCCN. The van der Waals surface area contributed by atoms with E-state index in [0.29, 0.717) is 25.3 Å². The molecule has 0 rings (SSSR count). The van der Waals surface area contributed by atoms with Crippen LogP contribution in [0.3, 0.4) is 0 Å². The molecule has 1 unspecified atom stereocenters. The molecule has 0 bridgehead atoms. The standard InChI is InChI=1S/C9H20N2O/c1-8(5-7-11)9(12)4-2-3-6-10/h8H,2-7,10-11H2,1H3. The lowest BCUT2D eigenvalue weighted by Crippen LogP contribution is -2.15. The van der Waals surface area contributed by atoms with E-state index in [9.17, 15) is 4.79 Å². The lowest BCUT2D eigenvalue weighted by molar-refractivity contribution is -0.122. The molecule has 1 atom stereocenters. The molecule has 0 spiro atoms. The summed E-state index contributed by atoms with van der Waals surface area (Å²) < 4.78 is 0. The van der Waals surface area contributed by atoms with Crippen molar-refractivity contribution in [2.45, 2.75) is 32.6 Å². The summed E-state index contributed by atoms with van der Waals surface area (Å²) in [7, 11) is 0. The third-order valence-corrected chi connectivity index (χ3v) is 2.03. The molecule has 0 saturated carbocycles. The lowest BCUT2D eigenvalue weighted by atomic mass is 9.98. The summed E-state index contributed by atoms with van der Waals surface area (Å²) >= 11 is 0. The molecule has 0 aromatic heterocycles. The van der Waals surface area contributed by atoms with Gasteiger partial charge in [0.05, 0.1) is 0 Å². The molecule has 0 saturated heterocycles. The fourth-order valence-corrected chi connectivity index (χ4v) is 1.10. The molecule has 72 valence electrons. The van der Waals surface area contributed by atoms with Crippen LogP contribution in [0.4, 0.5) is 0 Å². The maximum absolute atomic E-state index is 11.3. The molecule has 3 nitrogen and oxygen atoms in total. The largest absolute Gasteiger partial charge is 0.330 e. The van der Waals surface area contributed by atoms with Crippen LogP contribution >= 0.6 is 0 Å². The Balaban J connectivity index is 3.43. The van der Waals surface area contributed by atoms with E-state index in [-0.39, 0.29) is 5.92 Å². The number of unbranched alkanes of at least 4 members (excludes halogenated alkanes) is 1. The zero-order chi connectivity index (χ0) is 9.40. The normalized spacial score (nSPS) is 12.9. The van der Waals surface area contributed by atoms with Crippen molar-refractivity contribution in [2.24, 2.45) is 17.4 Å². The van der Waals surface area contributed by atoms with E-state index in [1.807, 2.05) is 6.92 Å². The van der Waals surface area contributed by atoms with Crippen LogP contribution in [0.5, 0.6) is 0 Å². The fourth-order valence-electron chi connectivity index (χ4n) is 1.10. The van der Waals surface area contributed by atoms with E-state index in [2.05, 4.69) is 0 Å². The maximum atomic E-state index is 11.3. The first-order valence-electron chi connectivity index (χ1n) is 4.65. The van der Waals surface area contributed by atoms with Crippen LogP contribution in [-0.4, -0.2) is 18.9 Å². The van der Waals surface area contributed by atoms with Gasteiger partial charge in [-0.15, -0.1) is 0 Å². The summed E-state index contributed by atoms with van der Waals surface area (Å²) in [5, 5.41) is 0. The predicted molar refractivity (Wildman–Crippen MR) is 50.7 cm³/mol. The molecule has 0 aromatic rings. The highest BCUT2D eigenvalue weighted by molar-refractivity contribution is 5.80. The van der Waals surface area contributed by atoms with E-state index in [4.69, 9.17) is 11.5 Å². The summed E-state index contributed by atoms with van der Waals surface area (Å²) in [6.45, 7) is 3.22. The van der Waals surface area contributed by atoms with Gasteiger partial charge in [0.2, 0.25) is 0 Å². The molecule has 0 radical (unpaired) electrons. The first-order chi connectivity index (χ1) is 5.72. The Bertz CT molecular complexity index is 126. The number of carbonyl (C=O) groups is 1. The lowest BCUT2D eigenvalue weighted by Gasteiger charge is -2.07. The Morgan fingerprint density at radius 2 is 1.92 bits per heavy atom. The molecule has 0 aromatic carbocycles. The topological polar surface area (TPSA) is 69.1 Å². The summed E-state index contributed by atoms with van der Waals surface area (Å²) in [6.07, 6.45) is 3.34. The number of ketones is 1. The number of nitrogens with two attached hydrogens (primary N) is 2. The average Bonchev–Trinajstić information content (AvgIpc) is 2.05. The van der Waals surface area contributed by atoms with E-state index >= 15 is 0 Å². The third-order valence-electron chi connectivity index (χ3n) is 2.03. The smallest absolute Gasteiger partial charge is 0.135 e. The van der Waals surface area contributed by atoms with Crippen molar-refractivity contribution in [3.05, 3.63) is 0 Å². The van der Waals surface area contributed by atoms with Gasteiger partial charge in [-0.05, 0) is 32.4 Å². The van der Waals surface area contributed by atoms with Gasteiger partial charge >= 0.3 is 0 Å². The van der Waals surface area contributed by atoms with Crippen molar-refractivity contribution in [1.29, 1.82) is 0 Å². The Morgan fingerprint density at radius 3 is 2.42 bits per heavy atom. The van der Waals surface area contributed by atoms with E-state index in [1.54, 1.807) is 0 Å². The summed E-state index contributed by atoms with van der Waals surface area (Å²) in [5.41, 5.74) is 10.7. The van der Waals surface area contributed by atoms with Gasteiger partial charge in [-0.2, -0.15) is 0 Å². The summed E-state index contributed by atoms with van der Waals surface area (Å²) in [4.78, 5) is 11.3. The second-order valence-corrected chi connectivity index (χ2v) is 3.19. The van der Waals surface area contributed by atoms with Gasteiger partial charge in [-0.1, -0.05) is 6.92 Å². The highest BCUT2D eigenvalue weighted by Crippen LogP contribution is 2.07. The van der Waals surface area contributed by atoms with Crippen LogP contribution in [0.25, 0.3) is 0 Å². The van der Waals surface area contributed by atoms with Crippen molar-refractivity contribution in [1.82, 2.24) is 0 Å².